The van der Waals surface area contributed by atoms with Crippen LogP contribution in [0.4, 0.5) is 13.2 Å². The largest absolute Gasteiger partial charge is 0.573 e. The van der Waals surface area contributed by atoms with Crippen molar-refractivity contribution < 1.29 is 27.4 Å². The van der Waals surface area contributed by atoms with Gasteiger partial charge in [0.05, 0.1) is 12.8 Å². The molecule has 1 aliphatic carbocycles. The van der Waals surface area contributed by atoms with Crippen LogP contribution in [-0.2, 0) is 16.0 Å². The molecule has 0 unspecified atom stereocenters. The van der Waals surface area contributed by atoms with Gasteiger partial charge >= 0.3 is 12.3 Å². The molecule has 1 N–H and O–H groups in total. The van der Waals surface area contributed by atoms with Crippen LogP contribution in [-0.4, -0.2) is 29.4 Å². The van der Waals surface area contributed by atoms with Gasteiger partial charge in [-0.15, -0.1) is 13.2 Å². The predicted octanol–water partition coefficient (Wildman–Crippen LogP) is 3.48. The van der Waals surface area contributed by atoms with E-state index in [9.17, 15) is 18.0 Å². The van der Waals surface area contributed by atoms with Gasteiger partial charge in [0.15, 0.2) is 0 Å². The number of aromatic amines is 1. The zero-order valence-corrected chi connectivity index (χ0v) is 12.6. The molecule has 5 nitrogen and oxygen atoms in total. The minimum atomic E-state index is -4.72. The van der Waals surface area contributed by atoms with E-state index in [1.54, 1.807) is 6.08 Å². The third kappa shape index (κ3) is 3.42. The van der Waals surface area contributed by atoms with Crippen LogP contribution in [0.2, 0.25) is 0 Å². The first kappa shape index (κ1) is 16.1. The molecule has 126 valence electrons. The molecule has 0 aliphatic heterocycles. The van der Waals surface area contributed by atoms with E-state index in [2.05, 4.69) is 14.7 Å². The highest BCUT2D eigenvalue weighted by Gasteiger charge is 2.31. The molecule has 24 heavy (non-hydrogen) atoms. The molecule has 1 aromatic heterocycles. The van der Waals surface area contributed by atoms with Crippen LogP contribution in [0.1, 0.15) is 17.8 Å². The number of aromatic nitrogens is 2. The van der Waals surface area contributed by atoms with Crippen LogP contribution in [0.15, 0.2) is 29.8 Å². The number of fused-ring (bicyclic) bond motifs is 1. The van der Waals surface area contributed by atoms with E-state index in [0.29, 0.717) is 35.5 Å². The zero-order chi connectivity index (χ0) is 17.3. The third-order valence-corrected chi connectivity index (χ3v) is 3.57. The molecule has 0 spiro atoms. The van der Waals surface area contributed by atoms with E-state index in [0.717, 1.165) is 5.69 Å². The molecule has 0 fully saturated rings. The number of nitrogens with zero attached hydrogens (tertiary/aromatic N) is 1. The molecule has 1 heterocycles. The molecule has 0 radical (unpaired) electrons. The maximum absolute atomic E-state index is 12.2. The number of halogens is 3. The molecule has 8 heteroatoms. The lowest BCUT2D eigenvalue weighted by Gasteiger charge is -2.09. The second-order valence-electron chi connectivity index (χ2n) is 5.18. The van der Waals surface area contributed by atoms with Crippen molar-refractivity contribution in [3.05, 3.63) is 41.2 Å². The number of ether oxygens (including phenoxy) is 2. The second-order valence-corrected chi connectivity index (χ2v) is 5.18. The lowest BCUT2D eigenvalue weighted by molar-refractivity contribution is -0.274. The summed E-state index contributed by atoms with van der Waals surface area (Å²) in [7, 11) is 1.32. The van der Waals surface area contributed by atoms with Crippen LogP contribution >= 0.6 is 0 Å². The Labute approximate surface area is 135 Å². The Bertz CT molecular complexity index is 792. The summed E-state index contributed by atoms with van der Waals surface area (Å²) in [6, 6.07) is 5.41. The highest BCUT2D eigenvalue weighted by atomic mass is 19.4. The number of esters is 1. The van der Waals surface area contributed by atoms with Crippen LogP contribution in [0, 0.1) is 0 Å². The summed E-state index contributed by atoms with van der Waals surface area (Å²) in [4.78, 5) is 19.1. The van der Waals surface area contributed by atoms with Crippen molar-refractivity contribution in [3.8, 4) is 17.1 Å². The summed E-state index contributed by atoms with van der Waals surface area (Å²) < 4.78 is 45.0. The molecule has 0 atom stereocenters. The van der Waals surface area contributed by atoms with E-state index in [1.165, 1.54) is 31.4 Å². The molecule has 0 saturated carbocycles. The van der Waals surface area contributed by atoms with Gasteiger partial charge in [-0.1, -0.05) is 0 Å². The van der Waals surface area contributed by atoms with Crippen LogP contribution in [0.5, 0.6) is 5.75 Å². The van der Waals surface area contributed by atoms with E-state index >= 15 is 0 Å². The van der Waals surface area contributed by atoms with Crippen molar-refractivity contribution in [2.75, 3.05) is 7.11 Å². The number of aryl methyl sites for hydroxylation is 1. The Morgan fingerprint density at radius 1 is 1.21 bits per heavy atom. The summed E-state index contributed by atoms with van der Waals surface area (Å²) in [6.45, 7) is 0. The number of carbonyl (C=O) groups excluding carboxylic acids is 1. The fraction of sp³-hybridized carbons (Fsp3) is 0.250. The molecule has 1 aliphatic rings. The van der Waals surface area contributed by atoms with Crippen LogP contribution in [0.25, 0.3) is 17.5 Å². The van der Waals surface area contributed by atoms with Crippen molar-refractivity contribution in [1.82, 2.24) is 9.97 Å². The summed E-state index contributed by atoms with van der Waals surface area (Å²) >= 11 is 0. The average molecular weight is 338 g/mol. The number of H-pyrrole nitrogens is 1. The molecule has 0 saturated heterocycles. The number of rotatable bonds is 3. The number of imidazole rings is 1. The smallest absolute Gasteiger partial charge is 0.466 e. The molecule has 1 aromatic carbocycles. The van der Waals surface area contributed by atoms with Crippen LogP contribution < -0.4 is 4.74 Å². The number of benzene rings is 1. The van der Waals surface area contributed by atoms with Gasteiger partial charge in [-0.25, -0.2) is 9.78 Å². The Balaban J connectivity index is 1.84. The first-order chi connectivity index (χ1) is 11.4. The average Bonchev–Trinajstić information content (AvgIpc) is 2.96. The number of nitrogens with one attached hydrogen (secondary N) is 1. The summed E-state index contributed by atoms with van der Waals surface area (Å²) in [5.74, 6) is -0.171. The standard InChI is InChI=1S/C16H13F3N2O3/c1-23-15(22)10-4-7-12-13(8-10)21-14(20-12)9-2-5-11(6-3-9)24-16(17,18)19/h2-3,5-6,8H,4,7H2,1H3,(H,20,21). The SMILES string of the molecule is COC(=O)C1=Cc2nc(-c3ccc(OC(F)(F)F)cc3)[nH]c2CC1. The lowest BCUT2D eigenvalue weighted by Crippen LogP contribution is -2.16. The number of carbonyl (C=O) groups is 1. The van der Waals surface area contributed by atoms with Crippen molar-refractivity contribution in [2.24, 2.45) is 0 Å². The van der Waals surface area contributed by atoms with E-state index in [1.807, 2.05) is 0 Å². The minimum absolute atomic E-state index is 0.296. The fourth-order valence-electron chi connectivity index (χ4n) is 2.47. The molecule has 3 rings (SSSR count). The molecule has 0 bridgehead atoms. The topological polar surface area (TPSA) is 64.2 Å². The van der Waals surface area contributed by atoms with Crippen molar-refractivity contribution in [1.29, 1.82) is 0 Å². The zero-order valence-electron chi connectivity index (χ0n) is 12.6. The maximum atomic E-state index is 12.2. The van der Waals surface area contributed by atoms with Crippen molar-refractivity contribution in [2.45, 2.75) is 19.2 Å². The Kier molecular flexibility index (Phi) is 4.04. The van der Waals surface area contributed by atoms with E-state index in [-0.39, 0.29) is 11.7 Å². The fourth-order valence-corrected chi connectivity index (χ4v) is 2.47. The monoisotopic (exact) mass is 338 g/mol. The lowest BCUT2D eigenvalue weighted by atomic mass is 10.0. The Morgan fingerprint density at radius 2 is 1.92 bits per heavy atom. The molecule has 0 amide bonds. The number of hydrogen-bond donors (Lipinski definition) is 1. The number of methoxy groups -OCH3 is 1. The van der Waals surface area contributed by atoms with Gasteiger partial charge in [-0.2, -0.15) is 0 Å². The highest BCUT2D eigenvalue weighted by Crippen LogP contribution is 2.28. The van der Waals surface area contributed by atoms with Crippen molar-refractivity contribution >= 4 is 12.0 Å². The number of hydrogen-bond acceptors (Lipinski definition) is 4. The molecule has 2 aromatic rings. The highest BCUT2D eigenvalue weighted by molar-refractivity contribution is 5.94. The van der Waals surface area contributed by atoms with Gasteiger partial charge in [0, 0.05) is 16.8 Å². The summed E-state index contributed by atoms with van der Waals surface area (Å²) in [5.41, 5.74) is 2.66. The first-order valence-corrected chi connectivity index (χ1v) is 7.09. The van der Waals surface area contributed by atoms with Crippen LogP contribution in [0.3, 0.4) is 0 Å². The first-order valence-electron chi connectivity index (χ1n) is 7.09. The number of alkyl halides is 3. The minimum Gasteiger partial charge on any atom is -0.466 e. The summed E-state index contributed by atoms with van der Waals surface area (Å²) in [6.07, 6.45) is -1.91. The second kappa shape index (κ2) is 6.03. The Hall–Kier alpha value is -2.77. The van der Waals surface area contributed by atoms with Gasteiger partial charge in [0.2, 0.25) is 0 Å². The third-order valence-electron chi connectivity index (χ3n) is 3.57. The normalized spacial score (nSPS) is 13.9. The quantitative estimate of drug-likeness (QED) is 0.871. The van der Waals surface area contributed by atoms with Gasteiger partial charge in [0.25, 0.3) is 0 Å². The molecular formula is C16H13F3N2O3. The van der Waals surface area contributed by atoms with E-state index in [4.69, 9.17) is 4.74 Å². The van der Waals surface area contributed by atoms with Gasteiger partial charge in [-0.05, 0) is 43.2 Å². The Morgan fingerprint density at radius 3 is 2.54 bits per heavy atom. The molecular weight excluding hydrogens is 325 g/mol. The predicted molar refractivity (Wildman–Crippen MR) is 79.0 cm³/mol. The summed E-state index contributed by atoms with van der Waals surface area (Å²) in [5, 5.41) is 0. The van der Waals surface area contributed by atoms with Gasteiger partial charge < -0.3 is 14.5 Å². The van der Waals surface area contributed by atoms with Gasteiger partial charge in [-0.3, -0.25) is 0 Å². The van der Waals surface area contributed by atoms with Crippen molar-refractivity contribution in [3.63, 3.8) is 0 Å². The van der Waals surface area contributed by atoms with E-state index < -0.39 is 6.36 Å². The van der Waals surface area contributed by atoms with Gasteiger partial charge in [0.1, 0.15) is 11.6 Å². The maximum Gasteiger partial charge on any atom is 0.573 e.